The first-order valence-electron chi connectivity index (χ1n) is 17.1. The van der Waals surface area contributed by atoms with Crippen LogP contribution in [-0.4, -0.2) is 97.0 Å². The maximum absolute atomic E-state index is 13.5. The normalized spacial score (nSPS) is 15.2. The van der Waals surface area contributed by atoms with Gasteiger partial charge in [-0.2, -0.15) is 0 Å². The Kier molecular flexibility index (Phi) is 17.6. The van der Waals surface area contributed by atoms with Crippen molar-refractivity contribution in [3.63, 3.8) is 0 Å². The number of amides is 4. The summed E-state index contributed by atoms with van der Waals surface area (Å²) in [7, 11) is 0.309. The van der Waals surface area contributed by atoms with Crippen molar-refractivity contribution in [2.24, 2.45) is 5.73 Å². The molecule has 0 aromatic heterocycles. The molecular formula is C38H46BrN4O8PS. The summed E-state index contributed by atoms with van der Waals surface area (Å²) < 4.78 is 9.16. The Morgan fingerprint density at radius 1 is 0.868 bits per heavy atom. The van der Waals surface area contributed by atoms with Gasteiger partial charge in [-0.1, -0.05) is 54.6 Å². The molecule has 3 aromatic rings. The molecule has 1 aliphatic heterocycles. The van der Waals surface area contributed by atoms with Gasteiger partial charge in [0.05, 0.1) is 25.6 Å². The lowest BCUT2D eigenvalue weighted by Crippen LogP contribution is -3.00. The number of carbonyl (C=O) groups is 6. The molecule has 1 unspecified atom stereocenters. The van der Waals surface area contributed by atoms with Crippen molar-refractivity contribution in [1.29, 1.82) is 0 Å². The number of likely N-dealkylation sites (tertiary alicyclic amines) is 1. The smallest absolute Gasteiger partial charge is 0.325 e. The maximum Gasteiger partial charge on any atom is 0.325 e. The third-order valence-corrected chi connectivity index (χ3v) is 14.7. The van der Waals surface area contributed by atoms with Crippen molar-refractivity contribution >= 4 is 70.5 Å². The van der Waals surface area contributed by atoms with Crippen LogP contribution in [0.2, 0.25) is 0 Å². The van der Waals surface area contributed by atoms with Crippen molar-refractivity contribution < 1.29 is 55.2 Å². The number of carbonyl (C=O) groups excluding carboxylic acids is 6. The summed E-state index contributed by atoms with van der Waals surface area (Å²) in [5.74, 6) is -3.25. The third kappa shape index (κ3) is 11.7. The first-order valence-corrected chi connectivity index (χ1v) is 20.1. The van der Waals surface area contributed by atoms with Gasteiger partial charge < -0.3 is 42.8 Å². The lowest BCUT2D eigenvalue weighted by molar-refractivity contribution is -0.142. The minimum atomic E-state index is -2.06. The van der Waals surface area contributed by atoms with Crippen LogP contribution < -0.4 is 49.3 Å². The highest BCUT2D eigenvalue weighted by atomic mass is 79.9. The second kappa shape index (κ2) is 21.6. The summed E-state index contributed by atoms with van der Waals surface area (Å²) in [5, 5.41) is 8.06. The number of hydrogen-bond donors (Lipinski definition) is 3. The van der Waals surface area contributed by atoms with Gasteiger partial charge in [-0.15, -0.1) is 11.8 Å². The summed E-state index contributed by atoms with van der Waals surface area (Å²) >= 11 is 1.09. The highest BCUT2D eigenvalue weighted by Crippen LogP contribution is 2.55. The first kappa shape index (κ1) is 43.3. The van der Waals surface area contributed by atoms with Gasteiger partial charge in [0.2, 0.25) is 23.6 Å². The Morgan fingerprint density at radius 3 is 1.92 bits per heavy atom. The molecule has 0 radical (unpaired) electrons. The van der Waals surface area contributed by atoms with E-state index in [0.717, 1.165) is 24.3 Å². The Morgan fingerprint density at radius 2 is 1.42 bits per heavy atom. The molecule has 3 aromatic carbocycles. The minimum Gasteiger partial charge on any atom is -1.00 e. The summed E-state index contributed by atoms with van der Waals surface area (Å²) in [6.07, 6.45) is 2.03. The lowest BCUT2D eigenvalue weighted by Gasteiger charge is -2.28. The molecule has 1 saturated heterocycles. The van der Waals surface area contributed by atoms with Crippen LogP contribution in [0.4, 0.5) is 0 Å². The Labute approximate surface area is 325 Å². The number of imide groups is 1. The molecule has 0 saturated carbocycles. The van der Waals surface area contributed by atoms with Crippen LogP contribution in [0.25, 0.3) is 0 Å². The molecule has 4 rings (SSSR count). The van der Waals surface area contributed by atoms with Gasteiger partial charge in [0.1, 0.15) is 41.8 Å². The van der Waals surface area contributed by atoms with Crippen LogP contribution in [0.15, 0.2) is 91.0 Å². The molecule has 4 N–H and O–H groups in total. The quantitative estimate of drug-likeness (QED) is 0.0570. The van der Waals surface area contributed by atoms with Gasteiger partial charge in [0.25, 0.3) is 0 Å². The van der Waals surface area contributed by atoms with Gasteiger partial charge in [0.15, 0.2) is 0 Å². The fourth-order valence-corrected chi connectivity index (χ4v) is 11.7. The standard InChI is InChI=1S/C38H45N4O8PS.BrH/c1-49-35(45)25-40-36(46)31(41-33(43)21-20-30(39)38(48)50-2)26-52-32-24-34(44)42(37(32)47)22-12-13-23-51(27-14-6-3-7-15-27,28-16-8-4-9-17-28)29-18-10-5-11-19-29;/h3-11,14-19,30-32H,12-13,20-26,39H2,1-2H3,(H-,40,41,43,46);1H/t30-,31-,32?;/m0./s1. The first-order chi connectivity index (χ1) is 25.1. The molecule has 12 nitrogen and oxygen atoms in total. The average molecular weight is 830 g/mol. The molecule has 0 spiro atoms. The van der Waals surface area contributed by atoms with Crippen molar-refractivity contribution in [1.82, 2.24) is 15.5 Å². The molecule has 3 atom stereocenters. The Balaban J connectivity index is 0.00000756. The SMILES string of the molecule is COC(=O)CNC(=O)[C@H](CSC1CC(=O)N(CCCC[P+](c2ccccc2)(c2ccccc2)c2ccccc2)C1=O)NC(=O)CC[C@H](N)C(=O)OC.[Br-]. The van der Waals surface area contributed by atoms with E-state index in [1.54, 1.807) is 0 Å². The van der Waals surface area contributed by atoms with E-state index in [-0.39, 0.29) is 60.4 Å². The van der Waals surface area contributed by atoms with Crippen LogP contribution in [0.5, 0.6) is 0 Å². The van der Waals surface area contributed by atoms with E-state index in [0.29, 0.717) is 6.42 Å². The van der Waals surface area contributed by atoms with E-state index >= 15 is 0 Å². The lowest BCUT2D eigenvalue weighted by atomic mass is 10.1. The zero-order valence-electron chi connectivity index (χ0n) is 29.8. The Bertz CT molecular complexity index is 1590. The van der Waals surface area contributed by atoms with Crippen LogP contribution in [-0.2, 0) is 38.2 Å². The molecule has 0 bridgehead atoms. The third-order valence-electron chi connectivity index (χ3n) is 8.86. The average Bonchev–Trinajstić information content (AvgIpc) is 3.45. The van der Waals surface area contributed by atoms with E-state index in [2.05, 4.69) is 92.9 Å². The zero-order valence-corrected chi connectivity index (χ0v) is 33.1. The number of ether oxygens (including phenoxy) is 2. The topological polar surface area (TPSA) is 174 Å². The van der Waals surface area contributed by atoms with Crippen LogP contribution in [0.1, 0.15) is 32.1 Å². The van der Waals surface area contributed by atoms with Crippen molar-refractivity contribution in [2.45, 2.75) is 49.4 Å². The number of nitrogens with zero attached hydrogens (tertiary/aromatic N) is 1. The van der Waals surface area contributed by atoms with Crippen LogP contribution in [0.3, 0.4) is 0 Å². The predicted molar refractivity (Wildman–Crippen MR) is 203 cm³/mol. The zero-order chi connectivity index (χ0) is 37.5. The fraction of sp³-hybridized carbons (Fsp3) is 0.368. The van der Waals surface area contributed by atoms with Crippen LogP contribution in [0, 0.1) is 0 Å². The summed E-state index contributed by atoms with van der Waals surface area (Å²) in [4.78, 5) is 76.8. The summed E-state index contributed by atoms with van der Waals surface area (Å²) in [6, 6.07) is 29.4. The van der Waals surface area contributed by atoms with Crippen molar-refractivity contribution in [2.75, 3.05) is 39.2 Å². The number of nitrogens with two attached hydrogens (primary N) is 1. The van der Waals surface area contributed by atoms with Crippen molar-refractivity contribution in [3.05, 3.63) is 91.0 Å². The summed E-state index contributed by atoms with van der Waals surface area (Å²) in [6.45, 7) is -0.149. The number of rotatable bonds is 19. The number of halogens is 1. The molecule has 284 valence electrons. The second-order valence-electron chi connectivity index (χ2n) is 12.2. The number of methoxy groups -OCH3 is 2. The summed E-state index contributed by atoms with van der Waals surface area (Å²) in [5.41, 5.74) is 5.73. The van der Waals surface area contributed by atoms with Crippen LogP contribution >= 0.6 is 19.0 Å². The van der Waals surface area contributed by atoms with Gasteiger partial charge in [-0.05, 0) is 55.7 Å². The Hall–Kier alpha value is -4.10. The molecule has 53 heavy (non-hydrogen) atoms. The van der Waals surface area contributed by atoms with Gasteiger partial charge in [-0.25, -0.2) is 0 Å². The highest BCUT2D eigenvalue weighted by molar-refractivity contribution is 8.00. The number of thioether (sulfide) groups is 1. The van der Waals surface area contributed by atoms with Gasteiger partial charge in [0, 0.05) is 25.1 Å². The largest absolute Gasteiger partial charge is 1.00 e. The highest BCUT2D eigenvalue weighted by Gasteiger charge is 2.45. The molecule has 0 aliphatic carbocycles. The van der Waals surface area contributed by atoms with E-state index in [9.17, 15) is 28.8 Å². The second-order valence-corrected chi connectivity index (χ2v) is 17.1. The monoisotopic (exact) mass is 828 g/mol. The molecule has 4 amide bonds. The molecule has 1 aliphatic rings. The molecule has 1 heterocycles. The fourth-order valence-electron chi connectivity index (χ4n) is 6.09. The maximum atomic E-state index is 13.5. The predicted octanol–water partition coefficient (Wildman–Crippen LogP) is -1.32. The van der Waals surface area contributed by atoms with E-state index in [1.165, 1.54) is 35.0 Å². The van der Waals surface area contributed by atoms with Crippen molar-refractivity contribution in [3.8, 4) is 0 Å². The molecule has 1 fully saturated rings. The number of esters is 2. The number of hydrogen-bond acceptors (Lipinski definition) is 10. The van der Waals surface area contributed by atoms with E-state index in [1.807, 2.05) is 18.2 Å². The minimum absolute atomic E-state index is 0. The molecular weight excluding hydrogens is 783 g/mol. The number of benzene rings is 3. The van der Waals surface area contributed by atoms with Gasteiger partial charge >= 0.3 is 11.9 Å². The van der Waals surface area contributed by atoms with Gasteiger partial charge in [-0.3, -0.25) is 33.7 Å². The number of nitrogens with one attached hydrogen (secondary N) is 2. The number of unbranched alkanes of at least 4 members (excludes halogenated alkanes) is 1. The van der Waals surface area contributed by atoms with E-state index in [4.69, 9.17) is 5.73 Å². The molecule has 15 heteroatoms. The van der Waals surface area contributed by atoms with E-state index < -0.39 is 54.9 Å².